The summed E-state index contributed by atoms with van der Waals surface area (Å²) in [6, 6.07) is 41.1. The van der Waals surface area contributed by atoms with Gasteiger partial charge in [0.25, 0.3) is 0 Å². The standard InChI is InChI=1S/C49H46O14/c1-56-49-46(60-29-34-20-12-5-13-21-34)45(59-28-33-18-10-4-11-19-33)44(63-48(55)36-24-39(52)43(40(53)25-36)58-27-32-16-8-3-9-17-32)41(62-49)30-61-47(54)35-22-37(50)42(38(51)23-35)57-26-31-14-6-2-7-15-31/h2-25,41,44-46,49-53H,26-30H2,1H3/t41-,44-,45+,46-,49+/m1/s1. The number of hydrogen-bond acceptors (Lipinski definition) is 14. The van der Waals surface area contributed by atoms with Crippen LogP contribution in [0.4, 0.5) is 0 Å². The number of ether oxygens (including phenoxy) is 8. The molecule has 0 amide bonds. The Morgan fingerprint density at radius 3 is 1.30 bits per heavy atom. The molecule has 6 aromatic carbocycles. The molecule has 6 aromatic rings. The number of aromatic hydroxyl groups is 4. The van der Waals surface area contributed by atoms with Crippen LogP contribution in [0.15, 0.2) is 146 Å². The van der Waals surface area contributed by atoms with E-state index in [4.69, 9.17) is 37.9 Å². The zero-order valence-electron chi connectivity index (χ0n) is 34.2. The minimum absolute atomic E-state index is 0.0277. The quantitative estimate of drug-likeness (QED) is 0.0619. The highest BCUT2D eigenvalue weighted by Crippen LogP contribution is 2.40. The Balaban J connectivity index is 1.15. The maximum absolute atomic E-state index is 14.1. The van der Waals surface area contributed by atoms with Gasteiger partial charge in [-0.25, -0.2) is 9.59 Å². The third-order valence-electron chi connectivity index (χ3n) is 10.0. The molecular formula is C49H46O14. The first-order valence-corrected chi connectivity index (χ1v) is 20.0. The molecule has 326 valence electrons. The minimum atomic E-state index is -1.38. The van der Waals surface area contributed by atoms with Crippen LogP contribution in [0.5, 0.6) is 34.5 Å². The molecule has 14 heteroatoms. The van der Waals surface area contributed by atoms with Gasteiger partial charge in [-0.3, -0.25) is 0 Å². The lowest BCUT2D eigenvalue weighted by Gasteiger charge is -2.44. The van der Waals surface area contributed by atoms with Gasteiger partial charge >= 0.3 is 11.9 Å². The highest BCUT2D eigenvalue weighted by Gasteiger charge is 2.50. The number of carbonyl (C=O) groups excluding carboxylic acids is 2. The number of esters is 2. The van der Waals surface area contributed by atoms with Gasteiger partial charge in [-0.05, 0) is 46.5 Å². The molecule has 0 unspecified atom stereocenters. The van der Waals surface area contributed by atoms with E-state index in [2.05, 4.69) is 0 Å². The molecule has 0 radical (unpaired) electrons. The molecule has 1 heterocycles. The van der Waals surface area contributed by atoms with Crippen molar-refractivity contribution in [3.63, 3.8) is 0 Å². The minimum Gasteiger partial charge on any atom is -0.504 e. The lowest BCUT2D eigenvalue weighted by molar-refractivity contribution is -0.313. The van der Waals surface area contributed by atoms with Crippen LogP contribution in [-0.2, 0) is 54.8 Å². The molecule has 1 aliphatic heterocycles. The fraction of sp³-hybridized carbons (Fsp3) is 0.224. The summed E-state index contributed by atoms with van der Waals surface area (Å²) < 4.78 is 48.1. The molecule has 0 aromatic heterocycles. The monoisotopic (exact) mass is 858 g/mol. The Bertz CT molecular complexity index is 2370. The van der Waals surface area contributed by atoms with Crippen molar-refractivity contribution >= 4 is 11.9 Å². The fourth-order valence-electron chi connectivity index (χ4n) is 6.86. The SMILES string of the molecule is CO[C@H]1O[C@H](COC(=O)c2cc(O)c(OCc3ccccc3)c(O)c2)[C@@H](OC(=O)c2cc(O)c(OCc3ccccc3)c(O)c2)[C@H](OCc2ccccc2)[C@H]1OCc1ccccc1. The number of phenols is 4. The van der Waals surface area contributed by atoms with Crippen molar-refractivity contribution in [2.75, 3.05) is 13.7 Å². The topological polar surface area (TPSA) is 189 Å². The van der Waals surface area contributed by atoms with E-state index in [1.807, 2.05) is 121 Å². The van der Waals surface area contributed by atoms with Crippen LogP contribution in [0.1, 0.15) is 43.0 Å². The molecule has 4 N–H and O–H groups in total. The highest BCUT2D eigenvalue weighted by molar-refractivity contribution is 5.92. The highest BCUT2D eigenvalue weighted by atomic mass is 16.7. The van der Waals surface area contributed by atoms with Crippen molar-refractivity contribution in [2.24, 2.45) is 0 Å². The third-order valence-corrected chi connectivity index (χ3v) is 10.0. The van der Waals surface area contributed by atoms with E-state index in [1.165, 1.54) is 7.11 Å². The van der Waals surface area contributed by atoms with Crippen LogP contribution in [0.3, 0.4) is 0 Å². The second kappa shape index (κ2) is 21.1. The molecule has 14 nitrogen and oxygen atoms in total. The van der Waals surface area contributed by atoms with Crippen LogP contribution in [0, 0.1) is 0 Å². The second-order valence-electron chi connectivity index (χ2n) is 14.5. The summed E-state index contributed by atoms with van der Waals surface area (Å²) in [6.07, 6.45) is -5.96. The Kier molecular flexibility index (Phi) is 14.7. The lowest BCUT2D eigenvalue weighted by Crippen LogP contribution is -2.62. The Hall–Kier alpha value is -7.10. The first kappa shape index (κ1) is 44.0. The van der Waals surface area contributed by atoms with E-state index in [9.17, 15) is 30.0 Å². The van der Waals surface area contributed by atoms with Gasteiger partial charge < -0.3 is 58.3 Å². The maximum atomic E-state index is 14.1. The Labute approximate surface area is 363 Å². The van der Waals surface area contributed by atoms with Crippen molar-refractivity contribution < 1.29 is 67.9 Å². The number of carbonyl (C=O) groups is 2. The van der Waals surface area contributed by atoms with Gasteiger partial charge in [-0.1, -0.05) is 121 Å². The second-order valence-corrected chi connectivity index (χ2v) is 14.5. The molecule has 1 fully saturated rings. The van der Waals surface area contributed by atoms with Gasteiger partial charge in [0.05, 0.1) is 24.3 Å². The smallest absolute Gasteiger partial charge is 0.338 e. The van der Waals surface area contributed by atoms with Crippen molar-refractivity contribution in [3.8, 4) is 34.5 Å². The Morgan fingerprint density at radius 2 is 0.889 bits per heavy atom. The van der Waals surface area contributed by atoms with Crippen LogP contribution in [-0.4, -0.2) is 76.8 Å². The van der Waals surface area contributed by atoms with Crippen LogP contribution in [0.2, 0.25) is 0 Å². The normalized spacial score (nSPS) is 18.3. The summed E-state index contributed by atoms with van der Waals surface area (Å²) >= 11 is 0. The van der Waals surface area contributed by atoms with Gasteiger partial charge in [-0.2, -0.15) is 0 Å². The maximum Gasteiger partial charge on any atom is 0.338 e. The third kappa shape index (κ3) is 11.4. The lowest BCUT2D eigenvalue weighted by atomic mass is 9.97. The van der Waals surface area contributed by atoms with Crippen molar-refractivity contribution in [1.82, 2.24) is 0 Å². The number of phenolic OH excluding ortho intramolecular Hbond substituents is 4. The molecule has 5 atom stereocenters. The van der Waals surface area contributed by atoms with Crippen molar-refractivity contribution in [3.05, 3.63) is 179 Å². The molecule has 63 heavy (non-hydrogen) atoms. The molecular weight excluding hydrogens is 813 g/mol. The van der Waals surface area contributed by atoms with E-state index < -0.39 is 72.2 Å². The van der Waals surface area contributed by atoms with Crippen molar-refractivity contribution in [2.45, 2.75) is 57.1 Å². The average molecular weight is 859 g/mol. The molecule has 0 bridgehead atoms. The van der Waals surface area contributed by atoms with Gasteiger partial charge in [0.15, 0.2) is 35.4 Å². The molecule has 0 spiro atoms. The molecule has 1 saturated heterocycles. The molecule has 0 saturated carbocycles. The summed E-state index contributed by atoms with van der Waals surface area (Å²) in [6.45, 7) is -0.364. The van der Waals surface area contributed by atoms with E-state index >= 15 is 0 Å². The number of methoxy groups -OCH3 is 1. The first-order chi connectivity index (χ1) is 30.7. The first-order valence-electron chi connectivity index (χ1n) is 20.0. The van der Waals surface area contributed by atoms with E-state index in [-0.39, 0.29) is 49.1 Å². The van der Waals surface area contributed by atoms with Gasteiger partial charge in [-0.15, -0.1) is 0 Å². The number of benzene rings is 6. The summed E-state index contributed by atoms with van der Waals surface area (Å²) in [5, 5.41) is 43.3. The van der Waals surface area contributed by atoms with Crippen LogP contribution < -0.4 is 9.47 Å². The van der Waals surface area contributed by atoms with E-state index in [1.54, 1.807) is 0 Å². The van der Waals surface area contributed by atoms with Gasteiger partial charge in [0.1, 0.15) is 38.1 Å². The summed E-state index contributed by atoms with van der Waals surface area (Å²) in [5.41, 5.74) is 2.71. The predicted molar refractivity (Wildman–Crippen MR) is 226 cm³/mol. The van der Waals surface area contributed by atoms with Crippen LogP contribution in [0.25, 0.3) is 0 Å². The van der Waals surface area contributed by atoms with Crippen LogP contribution >= 0.6 is 0 Å². The zero-order chi connectivity index (χ0) is 44.1. The van der Waals surface area contributed by atoms with E-state index in [0.29, 0.717) is 0 Å². The zero-order valence-corrected chi connectivity index (χ0v) is 34.2. The van der Waals surface area contributed by atoms with E-state index in [0.717, 1.165) is 46.5 Å². The number of rotatable bonds is 18. The Morgan fingerprint density at radius 1 is 0.508 bits per heavy atom. The molecule has 0 aliphatic carbocycles. The molecule has 1 aliphatic rings. The predicted octanol–water partition coefficient (Wildman–Crippen LogP) is 7.59. The van der Waals surface area contributed by atoms with Crippen molar-refractivity contribution in [1.29, 1.82) is 0 Å². The van der Waals surface area contributed by atoms with Gasteiger partial charge in [0, 0.05) is 7.11 Å². The van der Waals surface area contributed by atoms with Gasteiger partial charge in [0.2, 0.25) is 11.5 Å². The average Bonchev–Trinajstić information content (AvgIpc) is 3.30. The largest absolute Gasteiger partial charge is 0.504 e. The molecule has 7 rings (SSSR count). The summed E-state index contributed by atoms with van der Waals surface area (Å²) in [4.78, 5) is 27.6. The summed E-state index contributed by atoms with van der Waals surface area (Å²) in [7, 11) is 1.40. The summed E-state index contributed by atoms with van der Waals surface area (Å²) in [5.74, 6) is -4.50. The fourth-order valence-corrected chi connectivity index (χ4v) is 6.86. The number of hydrogen-bond donors (Lipinski definition) is 4.